The van der Waals surface area contributed by atoms with Gasteiger partial charge in [0, 0.05) is 32.9 Å². The number of carbonyl (C=O) groups excluding carboxylic acids is 2. The van der Waals surface area contributed by atoms with Crippen LogP contribution in [0.3, 0.4) is 0 Å². The zero-order valence-electron chi connectivity index (χ0n) is 18.6. The Morgan fingerprint density at radius 1 is 1.19 bits per heavy atom. The normalized spacial score (nSPS) is 16.0. The highest BCUT2D eigenvalue weighted by Crippen LogP contribution is 2.29. The molecule has 2 aromatic rings. The lowest BCUT2D eigenvalue weighted by Crippen LogP contribution is -2.42. The van der Waals surface area contributed by atoms with E-state index in [4.69, 9.17) is 9.47 Å². The van der Waals surface area contributed by atoms with Crippen LogP contribution in [0.4, 0.5) is 0 Å². The van der Waals surface area contributed by atoms with Crippen LogP contribution in [0.5, 0.6) is 11.5 Å². The fraction of sp³-hybridized carbons (Fsp3) is 0.478. The largest absolute Gasteiger partial charge is 0.494 e. The second-order valence-corrected chi connectivity index (χ2v) is 7.72. The molecule has 1 aliphatic rings. The number of carbonyl (C=O) groups is 2. The Kier molecular flexibility index (Phi) is 7.44. The Balaban J connectivity index is 1.71. The SMILES string of the molecule is CCOc1cccc(OCC(=O)N2CCCCC2c2ncc(C(=O)N(C)C)c(C)n2)c1. The molecule has 166 valence electrons. The average Bonchev–Trinajstić information content (AvgIpc) is 2.77. The first-order chi connectivity index (χ1) is 14.9. The molecule has 8 heteroatoms. The maximum absolute atomic E-state index is 13.0. The summed E-state index contributed by atoms with van der Waals surface area (Å²) in [5.74, 6) is 1.62. The summed E-state index contributed by atoms with van der Waals surface area (Å²) in [5, 5.41) is 0. The number of hydrogen-bond donors (Lipinski definition) is 0. The molecule has 1 aromatic heterocycles. The number of amides is 2. The Labute approximate surface area is 183 Å². The number of hydrogen-bond acceptors (Lipinski definition) is 6. The number of likely N-dealkylation sites (tertiary alicyclic amines) is 1. The summed E-state index contributed by atoms with van der Waals surface area (Å²) in [7, 11) is 3.39. The van der Waals surface area contributed by atoms with Crippen LogP contribution in [0, 0.1) is 6.92 Å². The third-order valence-corrected chi connectivity index (χ3v) is 5.23. The predicted octanol–water partition coefficient (Wildman–Crippen LogP) is 3.02. The molecule has 8 nitrogen and oxygen atoms in total. The summed E-state index contributed by atoms with van der Waals surface area (Å²) in [6.45, 7) is 4.84. The summed E-state index contributed by atoms with van der Waals surface area (Å²) in [6, 6.07) is 7.04. The predicted molar refractivity (Wildman–Crippen MR) is 116 cm³/mol. The lowest BCUT2D eigenvalue weighted by Gasteiger charge is -2.34. The summed E-state index contributed by atoms with van der Waals surface area (Å²) in [4.78, 5) is 37.5. The van der Waals surface area contributed by atoms with E-state index in [1.165, 1.54) is 4.90 Å². The number of rotatable bonds is 7. The molecule has 1 aliphatic heterocycles. The fourth-order valence-corrected chi connectivity index (χ4v) is 3.64. The molecular formula is C23H30N4O4. The number of nitrogens with zero attached hydrogens (tertiary/aromatic N) is 4. The fourth-order valence-electron chi connectivity index (χ4n) is 3.64. The van der Waals surface area contributed by atoms with Crippen molar-refractivity contribution in [2.45, 2.75) is 39.2 Å². The molecule has 0 N–H and O–H groups in total. The quantitative estimate of drug-likeness (QED) is 0.677. The van der Waals surface area contributed by atoms with Gasteiger partial charge in [-0.15, -0.1) is 0 Å². The van der Waals surface area contributed by atoms with Crippen molar-refractivity contribution in [3.8, 4) is 11.5 Å². The first kappa shape index (κ1) is 22.5. The van der Waals surface area contributed by atoms with Gasteiger partial charge in [-0.05, 0) is 45.2 Å². The summed E-state index contributed by atoms with van der Waals surface area (Å²) in [6.07, 6.45) is 4.27. The molecule has 0 saturated carbocycles. The van der Waals surface area contributed by atoms with Crippen LogP contribution in [0.25, 0.3) is 0 Å². The molecule has 1 atom stereocenters. The summed E-state index contributed by atoms with van der Waals surface area (Å²) < 4.78 is 11.2. The number of aromatic nitrogens is 2. The first-order valence-electron chi connectivity index (χ1n) is 10.6. The van der Waals surface area contributed by atoms with Gasteiger partial charge in [-0.3, -0.25) is 9.59 Å². The maximum Gasteiger partial charge on any atom is 0.261 e. The summed E-state index contributed by atoms with van der Waals surface area (Å²) >= 11 is 0. The van der Waals surface area contributed by atoms with E-state index in [-0.39, 0.29) is 24.5 Å². The molecule has 0 radical (unpaired) electrons. The molecule has 0 spiro atoms. The Morgan fingerprint density at radius 3 is 2.61 bits per heavy atom. The van der Waals surface area contributed by atoms with E-state index in [1.54, 1.807) is 44.2 Å². The van der Waals surface area contributed by atoms with Gasteiger partial charge in [0.05, 0.1) is 23.9 Å². The van der Waals surface area contributed by atoms with Crippen molar-refractivity contribution in [2.24, 2.45) is 0 Å². The van der Waals surface area contributed by atoms with E-state index in [9.17, 15) is 9.59 Å². The highest BCUT2D eigenvalue weighted by atomic mass is 16.5. The minimum absolute atomic E-state index is 0.0672. The van der Waals surface area contributed by atoms with Gasteiger partial charge in [-0.1, -0.05) is 6.07 Å². The minimum Gasteiger partial charge on any atom is -0.494 e. The highest BCUT2D eigenvalue weighted by molar-refractivity contribution is 5.94. The van der Waals surface area contributed by atoms with Gasteiger partial charge in [-0.25, -0.2) is 9.97 Å². The standard InChI is InChI=1S/C23H30N4O4/c1-5-30-17-9-8-10-18(13-17)31-15-21(28)27-12-7-6-11-20(27)22-24-14-19(16(2)25-22)23(29)26(3)4/h8-10,13-14,20H,5-7,11-12,15H2,1-4H3. The van der Waals surface area contributed by atoms with Crippen molar-refractivity contribution in [3.63, 3.8) is 0 Å². The van der Waals surface area contributed by atoms with Gasteiger partial charge in [-0.2, -0.15) is 0 Å². The number of aryl methyl sites for hydroxylation is 1. The molecule has 2 heterocycles. The van der Waals surface area contributed by atoms with Gasteiger partial charge >= 0.3 is 0 Å². The van der Waals surface area contributed by atoms with Gasteiger partial charge in [0.2, 0.25) is 0 Å². The summed E-state index contributed by atoms with van der Waals surface area (Å²) in [5.41, 5.74) is 1.09. The second kappa shape index (κ2) is 10.2. The molecule has 0 aliphatic carbocycles. The van der Waals surface area contributed by atoms with E-state index in [0.29, 0.717) is 41.7 Å². The van der Waals surface area contributed by atoms with Crippen LogP contribution in [0.15, 0.2) is 30.5 Å². The number of piperidine rings is 1. The van der Waals surface area contributed by atoms with E-state index in [2.05, 4.69) is 9.97 Å². The van der Waals surface area contributed by atoms with Crippen molar-refractivity contribution in [2.75, 3.05) is 33.9 Å². The third kappa shape index (κ3) is 5.51. The molecule has 1 aromatic carbocycles. The van der Waals surface area contributed by atoms with E-state index < -0.39 is 0 Å². The Morgan fingerprint density at radius 2 is 1.94 bits per heavy atom. The van der Waals surface area contributed by atoms with Crippen molar-refractivity contribution in [1.82, 2.24) is 19.8 Å². The van der Waals surface area contributed by atoms with Crippen LogP contribution in [-0.4, -0.2) is 65.4 Å². The molecule has 1 saturated heterocycles. The topological polar surface area (TPSA) is 84.9 Å². The third-order valence-electron chi connectivity index (χ3n) is 5.23. The molecule has 2 amide bonds. The minimum atomic E-state index is -0.221. The maximum atomic E-state index is 13.0. The lowest BCUT2D eigenvalue weighted by molar-refractivity contribution is -0.137. The van der Waals surface area contributed by atoms with Gasteiger partial charge in [0.15, 0.2) is 12.4 Å². The van der Waals surface area contributed by atoms with Crippen LogP contribution in [0.1, 0.15) is 54.1 Å². The number of ether oxygens (including phenoxy) is 2. The Hall–Kier alpha value is -3.16. The van der Waals surface area contributed by atoms with Crippen molar-refractivity contribution in [1.29, 1.82) is 0 Å². The molecule has 0 bridgehead atoms. The smallest absolute Gasteiger partial charge is 0.261 e. The Bertz CT molecular complexity index is 932. The zero-order chi connectivity index (χ0) is 22.4. The van der Waals surface area contributed by atoms with Crippen LogP contribution >= 0.6 is 0 Å². The molecular weight excluding hydrogens is 396 g/mol. The average molecular weight is 427 g/mol. The van der Waals surface area contributed by atoms with Crippen LogP contribution in [0.2, 0.25) is 0 Å². The second-order valence-electron chi connectivity index (χ2n) is 7.72. The highest BCUT2D eigenvalue weighted by Gasteiger charge is 2.31. The van der Waals surface area contributed by atoms with E-state index >= 15 is 0 Å². The first-order valence-corrected chi connectivity index (χ1v) is 10.6. The van der Waals surface area contributed by atoms with Crippen LogP contribution in [-0.2, 0) is 4.79 Å². The molecule has 3 rings (SSSR count). The molecule has 1 unspecified atom stereocenters. The lowest BCUT2D eigenvalue weighted by atomic mass is 10.0. The van der Waals surface area contributed by atoms with Crippen LogP contribution < -0.4 is 9.47 Å². The van der Waals surface area contributed by atoms with Crippen molar-refractivity contribution in [3.05, 3.63) is 47.5 Å². The van der Waals surface area contributed by atoms with Gasteiger partial charge in [0.25, 0.3) is 11.8 Å². The van der Waals surface area contributed by atoms with E-state index in [0.717, 1.165) is 19.3 Å². The number of benzene rings is 1. The molecule has 1 fully saturated rings. The zero-order valence-corrected chi connectivity index (χ0v) is 18.6. The monoisotopic (exact) mass is 426 g/mol. The van der Waals surface area contributed by atoms with E-state index in [1.807, 2.05) is 19.1 Å². The van der Waals surface area contributed by atoms with Crippen molar-refractivity contribution >= 4 is 11.8 Å². The van der Waals surface area contributed by atoms with Gasteiger partial charge in [0.1, 0.15) is 11.5 Å². The van der Waals surface area contributed by atoms with Gasteiger partial charge < -0.3 is 19.3 Å². The molecule has 31 heavy (non-hydrogen) atoms. The van der Waals surface area contributed by atoms with Crippen molar-refractivity contribution < 1.29 is 19.1 Å².